The van der Waals surface area contributed by atoms with Crippen molar-refractivity contribution in [3.05, 3.63) is 0 Å². The summed E-state index contributed by atoms with van der Waals surface area (Å²) in [6, 6.07) is -0.874. The van der Waals surface area contributed by atoms with Crippen LogP contribution in [0.25, 0.3) is 0 Å². The topological polar surface area (TPSA) is 74.7 Å². The van der Waals surface area contributed by atoms with Gasteiger partial charge in [-0.15, -0.1) is 11.8 Å². The van der Waals surface area contributed by atoms with Crippen LogP contribution in [-0.4, -0.2) is 46.7 Å². The van der Waals surface area contributed by atoms with E-state index in [1.807, 2.05) is 0 Å². The lowest BCUT2D eigenvalue weighted by atomic mass is 10.3. The van der Waals surface area contributed by atoms with Crippen molar-refractivity contribution in [2.24, 2.45) is 5.92 Å². The van der Waals surface area contributed by atoms with Gasteiger partial charge in [-0.05, 0) is 25.7 Å². The molecule has 1 saturated heterocycles. The molecular weight excluding hydrogens is 250 g/mol. The molecule has 0 aromatic carbocycles. The Morgan fingerprint density at radius 2 is 2.12 bits per heavy atom. The van der Waals surface area contributed by atoms with Crippen LogP contribution in [0.4, 0.5) is 0 Å². The van der Waals surface area contributed by atoms with Crippen molar-refractivity contribution >= 4 is 27.8 Å². The number of rotatable bonds is 4. The summed E-state index contributed by atoms with van der Waals surface area (Å²) in [6.45, 7) is 1.56. The van der Waals surface area contributed by atoms with Crippen LogP contribution in [0, 0.1) is 5.92 Å². The van der Waals surface area contributed by atoms with Gasteiger partial charge in [-0.2, -0.15) is 4.31 Å². The highest BCUT2D eigenvalue weighted by atomic mass is 32.2. The Kier molecular flexibility index (Phi) is 3.20. The van der Waals surface area contributed by atoms with E-state index in [0.717, 1.165) is 12.8 Å². The molecular formula is C9H15NO4S2. The van der Waals surface area contributed by atoms with Crippen molar-refractivity contribution < 1.29 is 18.3 Å². The number of thioether (sulfide) groups is 1. The molecule has 0 spiro atoms. The normalized spacial score (nSPS) is 31.8. The Hall–Kier alpha value is -0.270. The van der Waals surface area contributed by atoms with Gasteiger partial charge in [0.15, 0.2) is 0 Å². The summed E-state index contributed by atoms with van der Waals surface area (Å²) in [5.74, 6) is -0.334. The molecule has 1 saturated carbocycles. The van der Waals surface area contributed by atoms with Crippen molar-refractivity contribution in [1.82, 2.24) is 4.31 Å². The fourth-order valence-corrected chi connectivity index (χ4v) is 5.45. The van der Waals surface area contributed by atoms with Crippen LogP contribution in [0.5, 0.6) is 0 Å². The quantitative estimate of drug-likeness (QED) is 0.804. The van der Waals surface area contributed by atoms with Gasteiger partial charge >= 0.3 is 5.97 Å². The third kappa shape index (κ3) is 2.08. The average molecular weight is 265 g/mol. The lowest BCUT2D eigenvalue weighted by Crippen LogP contribution is -2.46. The monoisotopic (exact) mass is 265 g/mol. The number of sulfonamides is 1. The SMILES string of the molecule is CCS(=O)(=O)N1C(C(=O)O)CSC1C1CC1. The number of hydrogen-bond acceptors (Lipinski definition) is 4. The van der Waals surface area contributed by atoms with Crippen molar-refractivity contribution in [2.75, 3.05) is 11.5 Å². The van der Waals surface area contributed by atoms with Crippen molar-refractivity contribution in [3.63, 3.8) is 0 Å². The molecule has 7 heteroatoms. The minimum absolute atomic E-state index is 0.0272. The van der Waals surface area contributed by atoms with Gasteiger partial charge in [-0.25, -0.2) is 8.42 Å². The van der Waals surface area contributed by atoms with Crippen LogP contribution in [0.3, 0.4) is 0 Å². The number of carboxylic acid groups (broad SMARTS) is 1. The molecule has 2 rings (SSSR count). The van der Waals surface area contributed by atoms with E-state index in [-0.39, 0.29) is 11.1 Å². The van der Waals surface area contributed by atoms with Gasteiger partial charge in [0, 0.05) is 5.75 Å². The molecule has 2 atom stereocenters. The minimum Gasteiger partial charge on any atom is -0.480 e. The van der Waals surface area contributed by atoms with Crippen LogP contribution in [0.2, 0.25) is 0 Å². The lowest BCUT2D eigenvalue weighted by Gasteiger charge is -2.25. The first kappa shape index (κ1) is 12.2. The van der Waals surface area contributed by atoms with E-state index in [9.17, 15) is 13.2 Å². The Bertz CT molecular complexity index is 390. The first-order valence-electron chi connectivity index (χ1n) is 5.33. The zero-order valence-electron chi connectivity index (χ0n) is 9.00. The summed E-state index contributed by atoms with van der Waals surface area (Å²) in [7, 11) is -3.41. The first-order valence-corrected chi connectivity index (χ1v) is 7.98. The third-order valence-corrected chi connectivity index (χ3v) is 6.43. The van der Waals surface area contributed by atoms with Crippen molar-refractivity contribution in [2.45, 2.75) is 31.2 Å². The fraction of sp³-hybridized carbons (Fsp3) is 0.889. The number of hydrogen-bond donors (Lipinski definition) is 1. The second kappa shape index (κ2) is 4.19. The van der Waals surface area contributed by atoms with E-state index in [2.05, 4.69) is 0 Å². The van der Waals surface area contributed by atoms with Crippen molar-refractivity contribution in [1.29, 1.82) is 0 Å². The molecule has 1 heterocycles. The highest BCUT2D eigenvalue weighted by molar-refractivity contribution is 8.01. The molecule has 0 aromatic heterocycles. The van der Waals surface area contributed by atoms with Gasteiger partial charge in [-0.1, -0.05) is 0 Å². The molecule has 2 aliphatic rings. The molecule has 16 heavy (non-hydrogen) atoms. The van der Waals surface area contributed by atoms with Crippen LogP contribution in [-0.2, 0) is 14.8 Å². The van der Waals surface area contributed by atoms with Crippen molar-refractivity contribution in [3.8, 4) is 0 Å². The highest BCUT2D eigenvalue weighted by Gasteiger charge is 2.50. The second-order valence-corrected chi connectivity index (χ2v) is 7.46. The van der Waals surface area contributed by atoms with Crippen LogP contribution >= 0.6 is 11.8 Å². The number of carboxylic acids is 1. The summed E-state index contributed by atoms with van der Waals surface area (Å²) < 4.78 is 25.1. The van der Waals surface area contributed by atoms with Gasteiger partial charge in [0.1, 0.15) is 6.04 Å². The van der Waals surface area contributed by atoms with Gasteiger partial charge in [0.25, 0.3) is 0 Å². The fourth-order valence-electron chi connectivity index (χ4n) is 1.92. The van der Waals surface area contributed by atoms with Gasteiger partial charge in [0.05, 0.1) is 11.1 Å². The molecule has 2 unspecified atom stereocenters. The zero-order valence-corrected chi connectivity index (χ0v) is 10.6. The zero-order chi connectivity index (χ0) is 11.9. The van der Waals surface area contributed by atoms with Crippen LogP contribution in [0.1, 0.15) is 19.8 Å². The minimum atomic E-state index is -3.41. The standard InChI is InChI=1S/C9H15NO4S2/c1-2-16(13,14)10-7(9(11)12)5-15-8(10)6-3-4-6/h6-8H,2-5H2,1H3,(H,11,12). The van der Waals surface area contributed by atoms with E-state index < -0.39 is 22.0 Å². The summed E-state index contributed by atoms with van der Waals surface area (Å²) in [5.41, 5.74) is 0. The van der Waals surface area contributed by atoms with Crippen LogP contribution in [0.15, 0.2) is 0 Å². The molecule has 1 aliphatic heterocycles. The van der Waals surface area contributed by atoms with E-state index in [1.165, 1.54) is 16.1 Å². The largest absolute Gasteiger partial charge is 0.480 e. The summed E-state index contributed by atoms with van der Waals surface area (Å²) in [6.07, 6.45) is 2.03. The molecule has 1 aliphatic carbocycles. The molecule has 0 radical (unpaired) electrons. The van der Waals surface area contributed by atoms with Crippen LogP contribution < -0.4 is 0 Å². The van der Waals surface area contributed by atoms with Gasteiger partial charge < -0.3 is 5.11 Å². The summed E-state index contributed by atoms with van der Waals surface area (Å²) in [5, 5.41) is 8.90. The molecule has 0 amide bonds. The number of nitrogens with zero attached hydrogens (tertiary/aromatic N) is 1. The number of aliphatic carboxylic acids is 1. The Labute approximate surface area is 99.2 Å². The molecule has 92 valence electrons. The van der Waals surface area contributed by atoms with E-state index in [0.29, 0.717) is 11.7 Å². The molecule has 0 bridgehead atoms. The molecule has 1 N–H and O–H groups in total. The molecule has 2 fully saturated rings. The lowest BCUT2D eigenvalue weighted by molar-refractivity contribution is -0.140. The van der Waals surface area contributed by atoms with E-state index >= 15 is 0 Å². The second-order valence-electron chi connectivity index (χ2n) is 4.15. The highest BCUT2D eigenvalue weighted by Crippen LogP contribution is 2.46. The Morgan fingerprint density at radius 3 is 2.56 bits per heavy atom. The van der Waals surface area contributed by atoms with Gasteiger partial charge in [-0.3, -0.25) is 4.79 Å². The maximum Gasteiger partial charge on any atom is 0.322 e. The van der Waals surface area contributed by atoms with E-state index in [1.54, 1.807) is 6.92 Å². The maximum atomic E-state index is 11.9. The number of carbonyl (C=O) groups is 1. The van der Waals surface area contributed by atoms with E-state index in [4.69, 9.17) is 5.11 Å². The Morgan fingerprint density at radius 1 is 1.50 bits per heavy atom. The predicted octanol–water partition coefficient (Wildman–Crippen LogP) is 0.574. The smallest absolute Gasteiger partial charge is 0.322 e. The van der Waals surface area contributed by atoms with Gasteiger partial charge in [0.2, 0.25) is 10.0 Å². The third-order valence-electron chi connectivity index (χ3n) is 2.98. The summed E-state index contributed by atoms with van der Waals surface area (Å²) in [4.78, 5) is 11.0. The average Bonchev–Trinajstić information content (AvgIpc) is 2.96. The summed E-state index contributed by atoms with van der Waals surface area (Å²) >= 11 is 1.47. The predicted molar refractivity (Wildman–Crippen MR) is 61.7 cm³/mol. The molecule has 0 aromatic rings. The Balaban J connectivity index is 2.28. The maximum absolute atomic E-state index is 11.9. The first-order chi connectivity index (χ1) is 7.47. The molecule has 5 nitrogen and oxygen atoms in total.